The predicted octanol–water partition coefficient (Wildman–Crippen LogP) is 3.35. The fraction of sp³-hybridized carbons (Fsp3) is 0. The molecule has 2 rings (SSSR count). The number of amides is 1. The van der Waals surface area contributed by atoms with Crippen LogP contribution in [0.25, 0.3) is 0 Å². The molecule has 0 aliphatic rings. The largest absolute Gasteiger partial charge is 0.478 e. The molecule has 0 bridgehead atoms. The fourth-order valence-corrected chi connectivity index (χ4v) is 2.19. The van der Waals surface area contributed by atoms with Gasteiger partial charge in [0.15, 0.2) is 0 Å². The molecule has 4 nitrogen and oxygen atoms in total. The summed E-state index contributed by atoms with van der Waals surface area (Å²) >= 11 is 7.22. The molecule has 6 heteroatoms. The molecule has 0 unspecified atom stereocenters. The number of hydrogen-bond donors (Lipinski definition) is 2. The van der Waals surface area contributed by atoms with Gasteiger partial charge in [0.1, 0.15) is 0 Å². The lowest BCUT2D eigenvalue weighted by molar-refractivity contribution is 0.0696. The average molecular weight is 282 g/mol. The van der Waals surface area contributed by atoms with Crippen LogP contribution in [0.2, 0.25) is 5.02 Å². The number of benzene rings is 1. The first kappa shape index (κ1) is 12.6. The van der Waals surface area contributed by atoms with E-state index >= 15 is 0 Å². The summed E-state index contributed by atoms with van der Waals surface area (Å²) in [6.07, 6.45) is 0. The van der Waals surface area contributed by atoms with Gasteiger partial charge >= 0.3 is 5.97 Å². The second kappa shape index (κ2) is 5.20. The van der Waals surface area contributed by atoms with Crippen molar-refractivity contribution >= 4 is 40.5 Å². The van der Waals surface area contributed by atoms with Crippen LogP contribution in [0, 0.1) is 0 Å². The zero-order chi connectivity index (χ0) is 13.1. The van der Waals surface area contributed by atoms with Crippen LogP contribution in [0.3, 0.4) is 0 Å². The number of nitrogens with one attached hydrogen (secondary N) is 1. The number of anilines is 1. The second-order valence-corrected chi connectivity index (χ2v) is 4.79. The van der Waals surface area contributed by atoms with Crippen molar-refractivity contribution in [1.29, 1.82) is 0 Å². The molecule has 0 atom stereocenters. The Bertz CT molecular complexity index is 595. The number of aromatic carboxylic acids is 1. The Labute approximate surface area is 112 Å². The highest BCUT2D eigenvalue weighted by Gasteiger charge is 2.11. The maximum Gasteiger partial charge on any atom is 0.335 e. The molecule has 0 saturated heterocycles. The van der Waals surface area contributed by atoms with Crippen LogP contribution in [0.15, 0.2) is 35.7 Å². The van der Waals surface area contributed by atoms with Crippen LogP contribution in [-0.2, 0) is 0 Å². The van der Waals surface area contributed by atoms with Gasteiger partial charge in [-0.15, -0.1) is 11.3 Å². The van der Waals surface area contributed by atoms with Gasteiger partial charge in [0.2, 0.25) is 0 Å². The Balaban J connectivity index is 2.20. The van der Waals surface area contributed by atoms with Crippen molar-refractivity contribution in [1.82, 2.24) is 0 Å². The minimum absolute atomic E-state index is 0.0779. The molecule has 2 N–H and O–H groups in total. The third-order valence-electron chi connectivity index (χ3n) is 2.21. The Kier molecular flexibility index (Phi) is 3.64. The standard InChI is InChI=1S/C12H8ClNO3S/c13-8-6-7(12(16)17)3-4-9(8)14-11(15)10-2-1-5-18-10/h1-6H,(H,14,15)(H,16,17). The van der Waals surface area contributed by atoms with E-state index in [1.165, 1.54) is 29.5 Å². The Morgan fingerprint density at radius 2 is 2.06 bits per heavy atom. The Morgan fingerprint density at radius 3 is 2.61 bits per heavy atom. The number of carboxylic acid groups (broad SMARTS) is 1. The van der Waals surface area contributed by atoms with Gasteiger partial charge in [-0.05, 0) is 29.6 Å². The topological polar surface area (TPSA) is 66.4 Å². The number of carbonyl (C=O) groups is 2. The van der Waals surface area contributed by atoms with Gasteiger partial charge in [0.25, 0.3) is 5.91 Å². The van der Waals surface area contributed by atoms with Crippen LogP contribution in [0.4, 0.5) is 5.69 Å². The van der Waals surface area contributed by atoms with E-state index in [1.54, 1.807) is 17.5 Å². The van der Waals surface area contributed by atoms with E-state index in [-0.39, 0.29) is 16.5 Å². The molecule has 0 saturated carbocycles. The SMILES string of the molecule is O=C(O)c1ccc(NC(=O)c2cccs2)c(Cl)c1. The van der Waals surface area contributed by atoms with E-state index in [2.05, 4.69) is 5.32 Å². The van der Waals surface area contributed by atoms with Crippen molar-refractivity contribution in [3.8, 4) is 0 Å². The quantitative estimate of drug-likeness (QED) is 0.906. The highest BCUT2D eigenvalue weighted by molar-refractivity contribution is 7.12. The van der Waals surface area contributed by atoms with Crippen LogP contribution in [0.1, 0.15) is 20.0 Å². The van der Waals surface area contributed by atoms with Gasteiger partial charge in [0, 0.05) is 0 Å². The summed E-state index contributed by atoms with van der Waals surface area (Å²) in [4.78, 5) is 23.1. The highest BCUT2D eigenvalue weighted by atomic mass is 35.5. The zero-order valence-electron chi connectivity index (χ0n) is 9.01. The van der Waals surface area contributed by atoms with Crippen LogP contribution >= 0.6 is 22.9 Å². The highest BCUT2D eigenvalue weighted by Crippen LogP contribution is 2.24. The summed E-state index contributed by atoms with van der Waals surface area (Å²) in [6, 6.07) is 7.62. The first-order valence-corrected chi connectivity index (χ1v) is 6.21. The molecule has 1 amide bonds. The Morgan fingerprint density at radius 1 is 1.28 bits per heavy atom. The smallest absolute Gasteiger partial charge is 0.335 e. The summed E-state index contributed by atoms with van der Waals surface area (Å²) in [5.41, 5.74) is 0.467. The molecule has 0 aliphatic carbocycles. The second-order valence-electron chi connectivity index (χ2n) is 3.43. The maximum atomic E-state index is 11.8. The average Bonchev–Trinajstić information content (AvgIpc) is 2.85. The van der Waals surface area contributed by atoms with E-state index in [9.17, 15) is 9.59 Å². The monoisotopic (exact) mass is 281 g/mol. The summed E-state index contributed by atoms with van der Waals surface area (Å²) in [6.45, 7) is 0. The van der Waals surface area contributed by atoms with Crippen LogP contribution in [-0.4, -0.2) is 17.0 Å². The van der Waals surface area contributed by atoms with Crippen molar-refractivity contribution in [3.63, 3.8) is 0 Å². The lowest BCUT2D eigenvalue weighted by Gasteiger charge is -2.06. The van der Waals surface area contributed by atoms with E-state index < -0.39 is 5.97 Å². The molecular weight excluding hydrogens is 274 g/mol. The molecule has 1 aromatic carbocycles. The van der Waals surface area contributed by atoms with Crippen molar-refractivity contribution in [2.45, 2.75) is 0 Å². The lowest BCUT2D eigenvalue weighted by atomic mass is 10.2. The van der Waals surface area contributed by atoms with Gasteiger partial charge in [-0.25, -0.2) is 4.79 Å². The van der Waals surface area contributed by atoms with Crippen molar-refractivity contribution in [3.05, 3.63) is 51.2 Å². The first-order chi connectivity index (χ1) is 8.58. The minimum atomic E-state index is -1.06. The van der Waals surface area contributed by atoms with E-state index in [0.29, 0.717) is 10.6 Å². The molecule has 92 valence electrons. The van der Waals surface area contributed by atoms with Gasteiger partial charge in [-0.2, -0.15) is 0 Å². The molecule has 2 aromatic rings. The van der Waals surface area contributed by atoms with Crippen LogP contribution < -0.4 is 5.32 Å². The molecule has 0 fully saturated rings. The number of carboxylic acids is 1. The molecule has 1 heterocycles. The molecule has 0 radical (unpaired) electrons. The van der Waals surface area contributed by atoms with E-state index in [1.807, 2.05) is 0 Å². The van der Waals surface area contributed by atoms with Crippen molar-refractivity contribution in [2.75, 3.05) is 5.32 Å². The molecule has 1 aromatic heterocycles. The number of thiophene rings is 1. The lowest BCUT2D eigenvalue weighted by Crippen LogP contribution is -2.10. The number of carbonyl (C=O) groups excluding carboxylic acids is 1. The summed E-state index contributed by atoms with van der Waals surface area (Å²) in [5, 5.41) is 13.4. The normalized spacial score (nSPS) is 10.1. The summed E-state index contributed by atoms with van der Waals surface area (Å²) in [5.74, 6) is -1.33. The van der Waals surface area contributed by atoms with E-state index in [0.717, 1.165) is 0 Å². The summed E-state index contributed by atoms with van der Waals surface area (Å²) < 4.78 is 0. The van der Waals surface area contributed by atoms with Gasteiger partial charge < -0.3 is 10.4 Å². The number of hydrogen-bond acceptors (Lipinski definition) is 3. The van der Waals surface area contributed by atoms with Crippen LogP contribution in [0.5, 0.6) is 0 Å². The first-order valence-electron chi connectivity index (χ1n) is 4.95. The molecular formula is C12H8ClNO3S. The van der Waals surface area contributed by atoms with Crippen molar-refractivity contribution in [2.24, 2.45) is 0 Å². The third kappa shape index (κ3) is 2.69. The zero-order valence-corrected chi connectivity index (χ0v) is 10.6. The van der Waals surface area contributed by atoms with Gasteiger partial charge in [-0.3, -0.25) is 4.79 Å². The number of halogens is 1. The predicted molar refractivity (Wildman–Crippen MR) is 70.7 cm³/mol. The fourth-order valence-electron chi connectivity index (χ4n) is 1.34. The minimum Gasteiger partial charge on any atom is -0.478 e. The van der Waals surface area contributed by atoms with E-state index in [4.69, 9.17) is 16.7 Å². The molecule has 18 heavy (non-hydrogen) atoms. The molecule has 0 aliphatic heterocycles. The molecule has 0 spiro atoms. The van der Waals surface area contributed by atoms with Gasteiger partial charge in [-0.1, -0.05) is 17.7 Å². The summed E-state index contributed by atoms with van der Waals surface area (Å²) in [7, 11) is 0. The maximum absolute atomic E-state index is 11.8. The Hall–Kier alpha value is -1.85. The van der Waals surface area contributed by atoms with Gasteiger partial charge in [0.05, 0.1) is 21.2 Å². The third-order valence-corrected chi connectivity index (χ3v) is 3.39. The number of rotatable bonds is 3. The van der Waals surface area contributed by atoms with Crippen molar-refractivity contribution < 1.29 is 14.7 Å².